The molecular formula is C26H31N5O. The van der Waals surface area contributed by atoms with Gasteiger partial charge in [0.25, 0.3) is 0 Å². The summed E-state index contributed by atoms with van der Waals surface area (Å²) < 4.78 is 0. The zero-order valence-corrected chi connectivity index (χ0v) is 19.2. The van der Waals surface area contributed by atoms with Crippen molar-refractivity contribution in [3.05, 3.63) is 70.1 Å². The molecule has 0 atom stereocenters. The number of nitrogens with zero attached hydrogens (tertiary/aromatic N) is 2. The molecule has 0 aromatic heterocycles. The molecule has 2 aliphatic rings. The first-order valence-corrected chi connectivity index (χ1v) is 11.1. The Morgan fingerprint density at radius 1 is 0.844 bits per heavy atom. The third kappa shape index (κ3) is 4.00. The van der Waals surface area contributed by atoms with Gasteiger partial charge in [-0.3, -0.25) is 4.79 Å². The third-order valence-electron chi connectivity index (χ3n) is 6.66. The molecule has 166 valence electrons. The molecule has 0 saturated carbocycles. The average Bonchev–Trinajstić information content (AvgIpc) is 3.31. The number of carbonyl (C=O) groups is 1. The number of allylic oxidation sites excluding steroid dienone is 2. The van der Waals surface area contributed by atoms with Crippen LogP contribution in [-0.4, -0.2) is 29.5 Å². The number of likely N-dealkylation sites (tertiary alicyclic amines) is 1. The lowest BCUT2D eigenvalue weighted by Crippen LogP contribution is -2.29. The number of carbonyl (C=O) groups excluding carboxylic acids is 1. The predicted molar refractivity (Wildman–Crippen MR) is 133 cm³/mol. The summed E-state index contributed by atoms with van der Waals surface area (Å²) in [4.78, 5) is 20.3. The van der Waals surface area contributed by atoms with Gasteiger partial charge in [-0.2, -0.15) is 0 Å². The van der Waals surface area contributed by atoms with Crippen molar-refractivity contribution in [2.24, 2.45) is 4.99 Å². The number of ketones is 1. The summed E-state index contributed by atoms with van der Waals surface area (Å²) >= 11 is 0. The summed E-state index contributed by atoms with van der Waals surface area (Å²) in [6.07, 6.45) is 5.83. The lowest BCUT2D eigenvalue weighted by molar-refractivity contribution is -0.111. The molecule has 32 heavy (non-hydrogen) atoms. The van der Waals surface area contributed by atoms with Crippen molar-refractivity contribution in [2.45, 2.75) is 40.5 Å². The summed E-state index contributed by atoms with van der Waals surface area (Å²) in [6.45, 7) is 9.89. The van der Waals surface area contributed by atoms with Gasteiger partial charge in [-0.15, -0.1) is 0 Å². The highest BCUT2D eigenvalue weighted by atomic mass is 16.1. The second kappa shape index (κ2) is 8.54. The fourth-order valence-corrected chi connectivity index (χ4v) is 4.16. The van der Waals surface area contributed by atoms with E-state index >= 15 is 0 Å². The molecule has 4 rings (SSSR count). The minimum atomic E-state index is -0.0510. The van der Waals surface area contributed by atoms with Crippen LogP contribution < -0.4 is 16.8 Å². The molecule has 0 amide bonds. The van der Waals surface area contributed by atoms with Crippen molar-refractivity contribution in [2.75, 3.05) is 29.9 Å². The van der Waals surface area contributed by atoms with Gasteiger partial charge in [0.2, 0.25) is 5.78 Å². The van der Waals surface area contributed by atoms with E-state index in [1.54, 1.807) is 6.08 Å². The lowest BCUT2D eigenvalue weighted by Gasteiger charge is -2.25. The van der Waals surface area contributed by atoms with E-state index in [9.17, 15) is 4.79 Å². The van der Waals surface area contributed by atoms with Crippen LogP contribution in [0, 0.1) is 27.7 Å². The number of rotatable bonds is 4. The molecule has 5 N–H and O–H groups in total. The molecule has 1 saturated heterocycles. The number of nitrogens with two attached hydrogens (primary N) is 2. The largest absolute Gasteiger partial charge is 0.399 e. The number of nitrogen functional groups attached to an aromatic ring is 2. The quantitative estimate of drug-likeness (QED) is 0.483. The fraction of sp³-hybridized carbons (Fsp3) is 0.308. The molecule has 0 unspecified atom stereocenters. The smallest absolute Gasteiger partial charge is 0.204 e. The van der Waals surface area contributed by atoms with Gasteiger partial charge in [-0.05, 0) is 93.1 Å². The normalized spacial score (nSPS) is 17.6. The van der Waals surface area contributed by atoms with Gasteiger partial charge in [0, 0.05) is 36.2 Å². The molecule has 6 nitrogen and oxygen atoms in total. The van der Waals surface area contributed by atoms with E-state index in [2.05, 4.69) is 10.2 Å². The zero-order chi connectivity index (χ0) is 23.0. The number of aliphatic imine (C=N–C) groups is 1. The molecule has 2 aromatic rings. The fourth-order valence-electron chi connectivity index (χ4n) is 4.16. The number of hydrogen-bond donors (Lipinski definition) is 3. The zero-order valence-electron chi connectivity index (χ0n) is 19.2. The lowest BCUT2D eigenvalue weighted by atomic mass is 10.0. The van der Waals surface area contributed by atoms with Gasteiger partial charge in [0.1, 0.15) is 0 Å². The molecule has 2 aromatic carbocycles. The van der Waals surface area contributed by atoms with E-state index in [-0.39, 0.29) is 5.78 Å². The second-order valence-electron chi connectivity index (χ2n) is 8.64. The Labute approximate surface area is 189 Å². The van der Waals surface area contributed by atoms with Crippen molar-refractivity contribution in [1.29, 1.82) is 0 Å². The van der Waals surface area contributed by atoms with Gasteiger partial charge < -0.3 is 21.7 Å². The molecular weight excluding hydrogens is 398 g/mol. The summed E-state index contributed by atoms with van der Waals surface area (Å²) in [7, 11) is 0. The Kier molecular flexibility index (Phi) is 5.78. The Bertz CT molecular complexity index is 1180. The standard InChI is InChI=1S/C26H31N5O/c1-15-17(3)21(9-7-19(15)27)29-23-13-24(26(32)14-25(23)31-11-5-6-12-31)30-22-10-8-20(28)16(2)18(22)4/h7-10,13-14,30H,5-6,11-12,27-28H2,1-4H3. The van der Waals surface area contributed by atoms with Gasteiger partial charge in [-0.25, -0.2) is 4.99 Å². The Morgan fingerprint density at radius 3 is 2.16 bits per heavy atom. The van der Waals surface area contributed by atoms with Crippen LogP contribution in [0.25, 0.3) is 0 Å². The maximum absolute atomic E-state index is 13.1. The molecule has 1 heterocycles. The van der Waals surface area contributed by atoms with Crippen molar-refractivity contribution in [3.63, 3.8) is 0 Å². The molecule has 0 bridgehead atoms. The third-order valence-corrected chi connectivity index (χ3v) is 6.66. The highest BCUT2D eigenvalue weighted by molar-refractivity contribution is 6.23. The van der Waals surface area contributed by atoms with E-state index in [4.69, 9.17) is 16.5 Å². The van der Waals surface area contributed by atoms with E-state index in [0.29, 0.717) is 5.70 Å². The van der Waals surface area contributed by atoms with E-state index in [1.807, 2.05) is 58.0 Å². The van der Waals surface area contributed by atoms with Gasteiger partial charge >= 0.3 is 0 Å². The van der Waals surface area contributed by atoms with Crippen LogP contribution in [0.2, 0.25) is 0 Å². The molecule has 0 spiro atoms. The minimum absolute atomic E-state index is 0.0510. The van der Waals surface area contributed by atoms with E-state index in [1.165, 1.54) is 0 Å². The Hall–Kier alpha value is -3.54. The number of hydrogen-bond acceptors (Lipinski definition) is 6. The molecule has 1 aliphatic heterocycles. The first-order chi connectivity index (χ1) is 15.3. The molecule has 1 fully saturated rings. The maximum atomic E-state index is 13.1. The molecule has 0 radical (unpaired) electrons. The van der Waals surface area contributed by atoms with Crippen molar-refractivity contribution in [3.8, 4) is 0 Å². The summed E-state index contributed by atoms with van der Waals surface area (Å²) in [6, 6.07) is 7.60. The average molecular weight is 430 g/mol. The SMILES string of the molecule is Cc1c(N)ccc(N=C2C=C(Nc3ccc(N)c(C)c3C)C(=O)C=C2N2CCCC2)c1C. The maximum Gasteiger partial charge on any atom is 0.204 e. The molecule has 6 heteroatoms. The first kappa shape index (κ1) is 21.7. The first-order valence-electron chi connectivity index (χ1n) is 11.1. The van der Waals surface area contributed by atoms with Crippen LogP contribution in [0.5, 0.6) is 0 Å². The van der Waals surface area contributed by atoms with E-state index < -0.39 is 0 Å². The topological polar surface area (TPSA) is 96.7 Å². The number of benzene rings is 2. The van der Waals surface area contributed by atoms with Crippen LogP contribution in [0.3, 0.4) is 0 Å². The summed E-state index contributed by atoms with van der Waals surface area (Å²) in [5.41, 5.74) is 21.6. The Morgan fingerprint density at radius 2 is 1.47 bits per heavy atom. The highest BCUT2D eigenvalue weighted by Gasteiger charge is 2.26. The predicted octanol–water partition coefficient (Wildman–Crippen LogP) is 4.72. The van der Waals surface area contributed by atoms with Gasteiger partial charge in [-0.1, -0.05) is 0 Å². The van der Waals surface area contributed by atoms with Crippen LogP contribution >= 0.6 is 0 Å². The van der Waals surface area contributed by atoms with Crippen molar-refractivity contribution < 1.29 is 4.79 Å². The highest BCUT2D eigenvalue weighted by Crippen LogP contribution is 2.30. The van der Waals surface area contributed by atoms with Crippen LogP contribution in [0.1, 0.15) is 35.1 Å². The summed E-state index contributed by atoms with van der Waals surface area (Å²) in [5, 5.41) is 3.32. The van der Waals surface area contributed by atoms with Crippen LogP contribution in [0.4, 0.5) is 22.7 Å². The number of nitrogens with one attached hydrogen (secondary N) is 1. The van der Waals surface area contributed by atoms with Crippen molar-refractivity contribution >= 4 is 34.2 Å². The van der Waals surface area contributed by atoms with Crippen LogP contribution in [-0.2, 0) is 4.79 Å². The van der Waals surface area contributed by atoms with Gasteiger partial charge in [0.15, 0.2) is 0 Å². The van der Waals surface area contributed by atoms with Crippen molar-refractivity contribution in [1.82, 2.24) is 4.90 Å². The second-order valence-corrected chi connectivity index (χ2v) is 8.64. The Balaban J connectivity index is 1.77. The van der Waals surface area contributed by atoms with Gasteiger partial charge in [0.05, 0.1) is 22.8 Å². The molecule has 1 aliphatic carbocycles. The minimum Gasteiger partial charge on any atom is -0.399 e. The number of anilines is 3. The monoisotopic (exact) mass is 429 g/mol. The van der Waals surface area contributed by atoms with Crippen LogP contribution in [0.15, 0.2) is 52.8 Å². The van der Waals surface area contributed by atoms with E-state index in [0.717, 1.165) is 82.3 Å². The summed E-state index contributed by atoms with van der Waals surface area (Å²) in [5.74, 6) is -0.0510.